The highest BCUT2D eigenvalue weighted by atomic mass is 32.1. The van der Waals surface area contributed by atoms with Crippen molar-refractivity contribution in [3.05, 3.63) is 16.6 Å². The van der Waals surface area contributed by atoms with Crippen LogP contribution in [0.25, 0.3) is 0 Å². The van der Waals surface area contributed by atoms with Gasteiger partial charge in [-0.25, -0.2) is 4.98 Å². The largest absolute Gasteiger partial charge is 0.308 e. The molecule has 0 aromatic carbocycles. The average Bonchev–Trinajstić information content (AvgIpc) is 2.98. The van der Waals surface area contributed by atoms with Crippen LogP contribution < -0.4 is 5.32 Å². The fourth-order valence-electron chi connectivity index (χ4n) is 3.86. The topological polar surface area (TPSA) is 24.9 Å². The SMILES string of the molecule is c1nc(CN[C@H]2CCCC23CCCCC3)cs1. The first-order valence-corrected chi connectivity index (χ1v) is 7.94. The maximum absolute atomic E-state index is 4.37. The lowest BCUT2D eigenvalue weighted by Crippen LogP contribution is -2.42. The summed E-state index contributed by atoms with van der Waals surface area (Å²) in [4.78, 5) is 4.37. The van der Waals surface area contributed by atoms with E-state index >= 15 is 0 Å². The van der Waals surface area contributed by atoms with Crippen LogP contribution >= 0.6 is 11.3 Å². The standard InChI is InChI=1S/C14H22N2S/c1-2-6-14(7-3-1)8-4-5-13(14)15-9-12-10-17-11-16-12/h10-11,13,15H,1-9H2/t13-/m0/s1. The molecule has 1 aromatic rings. The molecule has 0 aliphatic heterocycles. The first-order valence-electron chi connectivity index (χ1n) is 7.00. The number of nitrogens with one attached hydrogen (secondary N) is 1. The Morgan fingerprint density at radius 1 is 1.24 bits per heavy atom. The van der Waals surface area contributed by atoms with Gasteiger partial charge in [-0.15, -0.1) is 11.3 Å². The molecule has 17 heavy (non-hydrogen) atoms. The lowest BCUT2D eigenvalue weighted by Gasteiger charge is -2.39. The van der Waals surface area contributed by atoms with E-state index < -0.39 is 0 Å². The summed E-state index contributed by atoms with van der Waals surface area (Å²) in [5.74, 6) is 0. The van der Waals surface area contributed by atoms with Crippen molar-refractivity contribution in [3.63, 3.8) is 0 Å². The van der Waals surface area contributed by atoms with E-state index in [2.05, 4.69) is 15.7 Å². The monoisotopic (exact) mass is 250 g/mol. The summed E-state index contributed by atoms with van der Waals surface area (Å²) in [6.45, 7) is 0.968. The Balaban J connectivity index is 1.61. The Hall–Kier alpha value is -0.410. The van der Waals surface area contributed by atoms with Crippen LogP contribution in [-0.2, 0) is 6.54 Å². The summed E-state index contributed by atoms with van der Waals surface area (Å²) in [6.07, 6.45) is 11.5. The van der Waals surface area contributed by atoms with E-state index in [1.165, 1.54) is 57.1 Å². The number of rotatable bonds is 3. The Morgan fingerprint density at radius 3 is 2.82 bits per heavy atom. The summed E-state index contributed by atoms with van der Waals surface area (Å²) >= 11 is 1.70. The maximum atomic E-state index is 4.37. The van der Waals surface area contributed by atoms with Gasteiger partial charge < -0.3 is 5.32 Å². The molecule has 0 amide bonds. The molecule has 1 spiro atoms. The van der Waals surface area contributed by atoms with Gasteiger partial charge in [-0.2, -0.15) is 0 Å². The van der Waals surface area contributed by atoms with Crippen LogP contribution in [-0.4, -0.2) is 11.0 Å². The fraction of sp³-hybridized carbons (Fsp3) is 0.786. The lowest BCUT2D eigenvalue weighted by atomic mass is 9.70. The zero-order chi connectivity index (χ0) is 11.6. The minimum atomic E-state index is 0.647. The third-order valence-electron chi connectivity index (χ3n) is 4.77. The van der Waals surface area contributed by atoms with E-state index in [0.717, 1.165) is 12.6 Å². The van der Waals surface area contributed by atoms with Crippen molar-refractivity contribution in [2.75, 3.05) is 0 Å². The molecule has 3 heteroatoms. The fourth-order valence-corrected chi connectivity index (χ4v) is 4.42. The Morgan fingerprint density at radius 2 is 2.06 bits per heavy atom. The van der Waals surface area contributed by atoms with Gasteiger partial charge in [-0.3, -0.25) is 0 Å². The molecule has 2 nitrogen and oxygen atoms in total. The van der Waals surface area contributed by atoms with Gasteiger partial charge >= 0.3 is 0 Å². The second-order valence-electron chi connectivity index (χ2n) is 5.73. The van der Waals surface area contributed by atoms with E-state index in [0.29, 0.717) is 5.41 Å². The highest BCUT2D eigenvalue weighted by Gasteiger charge is 2.42. The highest BCUT2D eigenvalue weighted by Crippen LogP contribution is 2.49. The van der Waals surface area contributed by atoms with Crippen LogP contribution in [0, 0.1) is 5.41 Å². The molecule has 2 saturated carbocycles. The lowest BCUT2D eigenvalue weighted by molar-refractivity contribution is 0.148. The van der Waals surface area contributed by atoms with Crippen molar-refractivity contribution in [2.45, 2.75) is 64.0 Å². The maximum Gasteiger partial charge on any atom is 0.0795 e. The van der Waals surface area contributed by atoms with Crippen molar-refractivity contribution < 1.29 is 0 Å². The van der Waals surface area contributed by atoms with E-state index in [1.807, 2.05) is 5.51 Å². The summed E-state index contributed by atoms with van der Waals surface area (Å²) in [5.41, 5.74) is 3.80. The summed E-state index contributed by atoms with van der Waals surface area (Å²) in [6, 6.07) is 0.754. The number of hydrogen-bond donors (Lipinski definition) is 1. The average molecular weight is 250 g/mol. The summed E-state index contributed by atoms with van der Waals surface area (Å²) in [7, 11) is 0. The van der Waals surface area contributed by atoms with Gasteiger partial charge in [0, 0.05) is 18.0 Å². The Bertz CT molecular complexity index is 341. The van der Waals surface area contributed by atoms with Gasteiger partial charge in [0.05, 0.1) is 11.2 Å². The Labute approximate surface area is 108 Å². The van der Waals surface area contributed by atoms with Crippen LogP contribution in [0.15, 0.2) is 10.9 Å². The minimum Gasteiger partial charge on any atom is -0.308 e. The number of aromatic nitrogens is 1. The van der Waals surface area contributed by atoms with Crippen LogP contribution in [0.3, 0.4) is 0 Å². The van der Waals surface area contributed by atoms with Crippen molar-refractivity contribution in [1.29, 1.82) is 0 Å². The van der Waals surface area contributed by atoms with Gasteiger partial charge in [-0.1, -0.05) is 25.7 Å². The van der Waals surface area contributed by atoms with Crippen LogP contribution in [0.2, 0.25) is 0 Å². The highest BCUT2D eigenvalue weighted by molar-refractivity contribution is 7.07. The molecule has 94 valence electrons. The van der Waals surface area contributed by atoms with Crippen LogP contribution in [0.1, 0.15) is 57.1 Å². The molecule has 1 aromatic heterocycles. The summed E-state index contributed by atoms with van der Waals surface area (Å²) in [5, 5.41) is 5.95. The second-order valence-corrected chi connectivity index (χ2v) is 6.45. The molecule has 0 radical (unpaired) electrons. The van der Waals surface area contributed by atoms with Crippen molar-refractivity contribution in [2.24, 2.45) is 5.41 Å². The molecule has 2 aliphatic rings. The molecule has 0 saturated heterocycles. The molecule has 1 N–H and O–H groups in total. The zero-order valence-corrected chi connectivity index (χ0v) is 11.3. The van der Waals surface area contributed by atoms with Gasteiger partial charge in [0.25, 0.3) is 0 Å². The van der Waals surface area contributed by atoms with Crippen LogP contribution in [0.4, 0.5) is 0 Å². The number of thiazole rings is 1. The number of hydrogen-bond acceptors (Lipinski definition) is 3. The quantitative estimate of drug-likeness (QED) is 0.884. The van der Waals surface area contributed by atoms with E-state index in [-0.39, 0.29) is 0 Å². The molecule has 3 rings (SSSR count). The first-order chi connectivity index (χ1) is 8.39. The van der Waals surface area contributed by atoms with Crippen LogP contribution in [0.5, 0.6) is 0 Å². The van der Waals surface area contributed by atoms with E-state index in [4.69, 9.17) is 0 Å². The van der Waals surface area contributed by atoms with Crippen molar-refractivity contribution in [3.8, 4) is 0 Å². The van der Waals surface area contributed by atoms with Gasteiger partial charge in [0.2, 0.25) is 0 Å². The Kier molecular flexibility index (Phi) is 3.48. The smallest absolute Gasteiger partial charge is 0.0795 e. The summed E-state index contributed by atoms with van der Waals surface area (Å²) < 4.78 is 0. The van der Waals surface area contributed by atoms with Gasteiger partial charge in [-0.05, 0) is 31.1 Å². The first kappa shape index (κ1) is 11.7. The molecule has 2 fully saturated rings. The normalized spacial score (nSPS) is 27.6. The molecule has 0 unspecified atom stereocenters. The van der Waals surface area contributed by atoms with Crippen molar-refractivity contribution >= 4 is 11.3 Å². The third kappa shape index (κ3) is 2.41. The molecule has 0 bridgehead atoms. The molecular weight excluding hydrogens is 228 g/mol. The molecule has 2 aliphatic carbocycles. The third-order valence-corrected chi connectivity index (χ3v) is 5.40. The van der Waals surface area contributed by atoms with E-state index in [9.17, 15) is 0 Å². The minimum absolute atomic E-state index is 0.647. The molecular formula is C14H22N2S. The zero-order valence-electron chi connectivity index (χ0n) is 10.5. The predicted molar refractivity (Wildman–Crippen MR) is 72.1 cm³/mol. The van der Waals surface area contributed by atoms with Gasteiger partial charge in [0.1, 0.15) is 0 Å². The van der Waals surface area contributed by atoms with Crippen molar-refractivity contribution in [1.82, 2.24) is 10.3 Å². The molecule has 1 atom stereocenters. The molecule has 1 heterocycles. The van der Waals surface area contributed by atoms with Gasteiger partial charge in [0.15, 0.2) is 0 Å². The number of nitrogens with zero attached hydrogens (tertiary/aromatic N) is 1. The second kappa shape index (κ2) is 5.07. The van der Waals surface area contributed by atoms with E-state index in [1.54, 1.807) is 11.3 Å². The predicted octanol–water partition coefficient (Wildman–Crippen LogP) is 3.74.